The third-order valence-corrected chi connectivity index (χ3v) is 7.74. The summed E-state index contributed by atoms with van der Waals surface area (Å²) in [7, 11) is -0.762. The largest absolute Gasteiger partial charge is 0.408 e. The number of hydrogen-bond donors (Lipinski definition) is 1. The smallest absolute Gasteiger partial charge is 0.329 e. The second kappa shape index (κ2) is 11.9. The summed E-state index contributed by atoms with van der Waals surface area (Å²) in [6, 6.07) is 1.74. The molecule has 1 aliphatic rings. The topological polar surface area (TPSA) is 171 Å². The minimum atomic E-state index is -4.42. The number of nitrogens with zero attached hydrogens (tertiary/aromatic N) is 9. The van der Waals surface area contributed by atoms with E-state index in [9.17, 15) is 37.0 Å². The fourth-order valence-corrected chi connectivity index (χ4v) is 5.29. The zero-order chi connectivity index (χ0) is 31.9. The molecule has 1 aliphatic heterocycles. The van der Waals surface area contributed by atoms with Gasteiger partial charge in [-0.1, -0.05) is 6.07 Å². The van der Waals surface area contributed by atoms with Gasteiger partial charge in [-0.15, -0.1) is 0 Å². The Morgan fingerprint density at radius 1 is 1.18 bits per heavy atom. The first-order valence-corrected chi connectivity index (χ1v) is 14.5. The van der Waals surface area contributed by atoms with Crippen LogP contribution in [0.25, 0.3) is 22.4 Å². The number of aryl methyl sites for hydroxylation is 1. The van der Waals surface area contributed by atoms with Gasteiger partial charge in [0.05, 0.1) is 12.0 Å². The Kier molecular flexibility index (Phi) is 8.42. The van der Waals surface area contributed by atoms with Gasteiger partial charge in [0.1, 0.15) is 24.6 Å². The van der Waals surface area contributed by atoms with E-state index in [1.165, 1.54) is 56.4 Å². The number of halogens is 3. The molecule has 3 atom stereocenters. The normalized spacial score (nSPS) is 16.8. The number of imidazole rings is 1. The second-order valence-electron chi connectivity index (χ2n) is 10.1. The summed E-state index contributed by atoms with van der Waals surface area (Å²) in [5.74, 6) is -0.784. The van der Waals surface area contributed by atoms with Crippen LogP contribution in [0.2, 0.25) is 0 Å². The van der Waals surface area contributed by atoms with E-state index in [4.69, 9.17) is 4.52 Å². The van der Waals surface area contributed by atoms with Crippen molar-refractivity contribution in [2.75, 3.05) is 23.1 Å². The van der Waals surface area contributed by atoms with Gasteiger partial charge in [0, 0.05) is 38.6 Å². The van der Waals surface area contributed by atoms with E-state index in [1.807, 2.05) is 0 Å². The van der Waals surface area contributed by atoms with Crippen molar-refractivity contribution in [3.8, 4) is 11.3 Å². The zero-order valence-corrected chi connectivity index (χ0v) is 24.6. The van der Waals surface area contributed by atoms with Crippen LogP contribution < -0.4 is 21.0 Å². The van der Waals surface area contributed by atoms with Crippen LogP contribution in [-0.2, 0) is 28.0 Å². The maximum Gasteiger partial charge on any atom is 0.408 e. The standard InChI is InChI=1S/C25H27F3N9O6P/c1-14(36-12-31-20-19(36)22(39)34(3)24(40)33(20)2)21(38)37(13-43-44(41)42)18-8-4-6-16(32-18)15-10-29-23(30-11-15)35-9-5-7-17(35)25(26,27)28/h4,6,8,10-12,14,17,44H,5,7,9,13H2,1-3H3,(H,41,42)/t14-,17-/m0/s1. The summed E-state index contributed by atoms with van der Waals surface area (Å²) in [5, 5.41) is 0. The van der Waals surface area contributed by atoms with Crippen molar-refractivity contribution in [1.82, 2.24) is 33.6 Å². The molecule has 4 aromatic heterocycles. The van der Waals surface area contributed by atoms with Crippen molar-refractivity contribution in [1.29, 1.82) is 0 Å². The highest BCUT2D eigenvalue weighted by Crippen LogP contribution is 2.35. The van der Waals surface area contributed by atoms with Gasteiger partial charge >= 0.3 is 20.1 Å². The van der Waals surface area contributed by atoms with E-state index in [0.29, 0.717) is 12.0 Å². The molecule has 4 aromatic rings. The molecule has 1 N–H and O–H groups in total. The number of carbonyl (C=O) groups excluding carboxylic acids is 1. The molecule has 0 aromatic carbocycles. The molecule has 0 saturated carbocycles. The van der Waals surface area contributed by atoms with Crippen molar-refractivity contribution < 1.29 is 31.9 Å². The van der Waals surface area contributed by atoms with E-state index in [-0.39, 0.29) is 41.6 Å². The number of hydrogen-bond acceptors (Lipinski definition) is 10. The van der Waals surface area contributed by atoms with Crippen molar-refractivity contribution in [3.63, 3.8) is 0 Å². The molecular formula is C25H27F3N9O6P. The van der Waals surface area contributed by atoms with E-state index in [0.717, 1.165) is 18.9 Å². The molecule has 0 radical (unpaired) electrons. The fraction of sp³-hybridized carbons (Fsp3) is 0.400. The number of amides is 1. The highest BCUT2D eigenvalue weighted by atomic mass is 31.1. The number of anilines is 2. The Balaban J connectivity index is 1.47. The van der Waals surface area contributed by atoms with Gasteiger partial charge in [-0.05, 0) is 31.9 Å². The predicted octanol–water partition coefficient (Wildman–Crippen LogP) is 1.77. The SMILES string of the molecule is C[C@@H](C(=O)N(CO[PH](=O)O)c1cccc(-c2cnc(N3CCC[C@H]3C(F)(F)F)nc2)n1)n1cnc2c1c(=O)n(C)c(=O)n2C. The first-order chi connectivity index (χ1) is 20.8. The number of fused-ring (bicyclic) bond motifs is 1. The lowest BCUT2D eigenvalue weighted by Crippen LogP contribution is -2.42. The van der Waals surface area contributed by atoms with Crippen molar-refractivity contribution >= 4 is 37.1 Å². The lowest BCUT2D eigenvalue weighted by molar-refractivity contribution is -0.146. The first kappa shape index (κ1) is 31.0. The minimum Gasteiger partial charge on any atom is -0.329 e. The summed E-state index contributed by atoms with van der Waals surface area (Å²) in [5.41, 5.74) is -0.657. The van der Waals surface area contributed by atoms with Gasteiger partial charge in [0.15, 0.2) is 11.2 Å². The van der Waals surface area contributed by atoms with Crippen molar-refractivity contribution in [2.24, 2.45) is 14.1 Å². The summed E-state index contributed by atoms with van der Waals surface area (Å²) in [6.45, 7) is 0.946. The molecule has 44 heavy (non-hydrogen) atoms. The third-order valence-electron chi connectivity index (χ3n) is 7.36. The van der Waals surface area contributed by atoms with Crippen molar-refractivity contribution in [3.05, 3.63) is 57.8 Å². The Morgan fingerprint density at radius 2 is 1.89 bits per heavy atom. The van der Waals surface area contributed by atoms with Crippen LogP contribution in [0.3, 0.4) is 0 Å². The van der Waals surface area contributed by atoms with Gasteiger partial charge in [-0.2, -0.15) is 13.2 Å². The first-order valence-electron chi connectivity index (χ1n) is 13.2. The van der Waals surface area contributed by atoms with Crippen molar-refractivity contribution in [2.45, 2.75) is 38.0 Å². The van der Waals surface area contributed by atoms with E-state index < -0.39 is 50.4 Å². The summed E-state index contributed by atoms with van der Waals surface area (Å²) in [4.78, 5) is 67.3. The Labute approximate surface area is 247 Å². The summed E-state index contributed by atoms with van der Waals surface area (Å²) < 4.78 is 59.9. The average molecular weight is 638 g/mol. The highest BCUT2D eigenvalue weighted by Gasteiger charge is 2.46. The molecule has 15 nitrogen and oxygen atoms in total. The van der Waals surface area contributed by atoms with Gasteiger partial charge in [0.25, 0.3) is 11.5 Å². The molecule has 19 heteroatoms. The van der Waals surface area contributed by atoms with Crippen LogP contribution in [0.1, 0.15) is 25.8 Å². The maximum absolute atomic E-state index is 13.8. The molecule has 5 rings (SSSR count). The predicted molar refractivity (Wildman–Crippen MR) is 151 cm³/mol. The Morgan fingerprint density at radius 3 is 2.55 bits per heavy atom. The number of alkyl halides is 3. The molecule has 0 bridgehead atoms. The van der Waals surface area contributed by atoms with Crippen LogP contribution in [0.5, 0.6) is 0 Å². The molecule has 0 spiro atoms. The lowest BCUT2D eigenvalue weighted by atomic mass is 10.2. The fourth-order valence-electron chi connectivity index (χ4n) is 5.05. The highest BCUT2D eigenvalue weighted by molar-refractivity contribution is 7.32. The van der Waals surface area contributed by atoms with Crippen LogP contribution in [0.4, 0.5) is 24.9 Å². The molecule has 0 aliphatic carbocycles. The van der Waals surface area contributed by atoms with Gasteiger partial charge < -0.3 is 14.4 Å². The molecular weight excluding hydrogens is 610 g/mol. The minimum absolute atomic E-state index is 0.00641. The molecule has 1 unspecified atom stereocenters. The Hall–Kier alpha value is -4.41. The second-order valence-corrected chi connectivity index (χ2v) is 10.9. The Bertz CT molecular complexity index is 1860. The van der Waals surface area contributed by atoms with Gasteiger partial charge in [0.2, 0.25) is 5.95 Å². The zero-order valence-electron chi connectivity index (χ0n) is 23.6. The van der Waals surface area contributed by atoms with Crippen LogP contribution in [0, 0.1) is 0 Å². The average Bonchev–Trinajstić information content (AvgIpc) is 3.67. The lowest BCUT2D eigenvalue weighted by Gasteiger charge is -2.26. The molecule has 1 saturated heterocycles. The molecule has 1 fully saturated rings. The van der Waals surface area contributed by atoms with E-state index >= 15 is 0 Å². The molecule has 234 valence electrons. The van der Waals surface area contributed by atoms with Crippen LogP contribution in [-0.4, -0.2) is 69.9 Å². The number of aromatic nitrogens is 7. The van der Waals surface area contributed by atoms with E-state index in [2.05, 4.69) is 19.9 Å². The van der Waals surface area contributed by atoms with Gasteiger partial charge in [-0.3, -0.25) is 32.7 Å². The van der Waals surface area contributed by atoms with E-state index in [1.54, 1.807) is 6.07 Å². The maximum atomic E-state index is 13.8. The third kappa shape index (κ3) is 5.75. The number of rotatable bonds is 8. The summed E-state index contributed by atoms with van der Waals surface area (Å²) >= 11 is 0. The van der Waals surface area contributed by atoms with Crippen LogP contribution in [0.15, 0.2) is 46.5 Å². The quantitative estimate of drug-likeness (QED) is 0.221. The number of carbonyl (C=O) groups is 1. The van der Waals surface area contributed by atoms with Crippen LogP contribution >= 0.6 is 8.25 Å². The van der Waals surface area contributed by atoms with Gasteiger partial charge in [-0.25, -0.2) is 24.7 Å². The molecule has 1 amide bonds. The summed E-state index contributed by atoms with van der Waals surface area (Å²) in [6.07, 6.45) is -0.259. The monoisotopic (exact) mass is 637 g/mol. The number of pyridine rings is 1. The molecule has 5 heterocycles.